The molecule has 0 heterocycles. The number of hydrogen-bond donors (Lipinski definition) is 1. The number of rotatable bonds is 7. The summed E-state index contributed by atoms with van der Waals surface area (Å²) in [7, 11) is 0. The van der Waals surface area contributed by atoms with Gasteiger partial charge >= 0.3 is 0 Å². The number of hydrogen-bond acceptors (Lipinski definition) is 2. The topological polar surface area (TPSA) is 21.3 Å². The summed E-state index contributed by atoms with van der Waals surface area (Å²) in [5.41, 5.74) is 1.10. The zero-order chi connectivity index (χ0) is 14.2. The third-order valence-electron chi connectivity index (χ3n) is 4.09. The second-order valence-electron chi connectivity index (χ2n) is 5.66. The van der Waals surface area contributed by atoms with Gasteiger partial charge in [-0.3, -0.25) is 0 Å². The molecule has 2 rings (SSSR count). The Labute approximate surface area is 127 Å². The van der Waals surface area contributed by atoms with Crippen molar-refractivity contribution >= 4 is 11.6 Å². The van der Waals surface area contributed by atoms with Crippen molar-refractivity contribution in [1.29, 1.82) is 0 Å². The van der Waals surface area contributed by atoms with Gasteiger partial charge in [-0.2, -0.15) is 0 Å². The molecule has 0 spiro atoms. The minimum atomic E-state index is 0.0607. The van der Waals surface area contributed by atoms with E-state index >= 15 is 0 Å². The Morgan fingerprint density at radius 3 is 2.70 bits per heavy atom. The quantitative estimate of drug-likeness (QED) is 0.794. The maximum atomic E-state index is 6.31. The van der Waals surface area contributed by atoms with E-state index in [2.05, 4.69) is 18.3 Å². The Kier molecular flexibility index (Phi) is 6.85. The first-order chi connectivity index (χ1) is 9.81. The zero-order valence-corrected chi connectivity index (χ0v) is 13.2. The summed E-state index contributed by atoms with van der Waals surface area (Å²) < 4.78 is 6.20. The molecule has 0 aliphatic heterocycles. The van der Waals surface area contributed by atoms with Crippen molar-refractivity contribution in [3.8, 4) is 0 Å². The molecular weight excluding hydrogens is 270 g/mol. The number of benzene rings is 1. The molecule has 2 nitrogen and oxygen atoms in total. The molecule has 0 aromatic heterocycles. The molecule has 1 aromatic carbocycles. The first kappa shape index (κ1) is 15.8. The van der Waals surface area contributed by atoms with Gasteiger partial charge in [0.2, 0.25) is 0 Å². The summed E-state index contributed by atoms with van der Waals surface area (Å²) in [6.45, 7) is 4.76. The molecule has 1 aliphatic rings. The predicted octanol–water partition coefficient (Wildman–Crippen LogP) is 4.59. The smallest absolute Gasteiger partial charge is 0.0963 e. The number of likely N-dealkylation sites (N-methyl/N-ethyl adjacent to an activating group) is 1. The van der Waals surface area contributed by atoms with Gasteiger partial charge in [-0.25, -0.2) is 0 Å². The van der Waals surface area contributed by atoms with Crippen molar-refractivity contribution in [3.63, 3.8) is 0 Å². The van der Waals surface area contributed by atoms with E-state index in [-0.39, 0.29) is 6.10 Å². The number of nitrogens with one attached hydrogen (secondary N) is 1. The first-order valence-electron chi connectivity index (χ1n) is 7.88. The van der Waals surface area contributed by atoms with Crippen LogP contribution in [0.2, 0.25) is 5.02 Å². The molecule has 1 N–H and O–H groups in total. The lowest BCUT2D eigenvalue weighted by molar-refractivity contribution is 0.0203. The molecule has 1 aromatic rings. The monoisotopic (exact) mass is 295 g/mol. The van der Waals surface area contributed by atoms with Crippen molar-refractivity contribution in [2.45, 2.75) is 45.1 Å². The van der Waals surface area contributed by atoms with Crippen molar-refractivity contribution in [1.82, 2.24) is 5.32 Å². The van der Waals surface area contributed by atoms with Crippen LogP contribution >= 0.6 is 11.6 Å². The fourth-order valence-electron chi connectivity index (χ4n) is 2.88. The summed E-state index contributed by atoms with van der Waals surface area (Å²) in [6.07, 6.45) is 6.80. The van der Waals surface area contributed by atoms with Gasteiger partial charge in [0.05, 0.1) is 12.7 Å². The van der Waals surface area contributed by atoms with E-state index in [0.29, 0.717) is 0 Å². The molecule has 0 radical (unpaired) electrons. The summed E-state index contributed by atoms with van der Waals surface area (Å²) in [5.74, 6) is 0.732. The SMILES string of the molecule is CCNCC(OCC1CCCCC1)c1ccccc1Cl. The van der Waals surface area contributed by atoms with Gasteiger partial charge in [0.25, 0.3) is 0 Å². The zero-order valence-electron chi connectivity index (χ0n) is 12.4. The van der Waals surface area contributed by atoms with Crippen LogP contribution in [0.15, 0.2) is 24.3 Å². The predicted molar refractivity (Wildman–Crippen MR) is 85.3 cm³/mol. The maximum absolute atomic E-state index is 6.31. The molecule has 0 bridgehead atoms. The summed E-state index contributed by atoms with van der Waals surface area (Å²) >= 11 is 6.31. The molecule has 1 saturated carbocycles. The first-order valence-corrected chi connectivity index (χ1v) is 8.25. The minimum Gasteiger partial charge on any atom is -0.372 e. The standard InChI is InChI=1S/C17H26ClNO/c1-2-19-12-17(15-10-6-7-11-16(15)18)20-13-14-8-4-3-5-9-14/h6-7,10-11,14,17,19H,2-5,8-9,12-13H2,1H3. The second kappa shape index (κ2) is 8.66. The average Bonchev–Trinajstić information content (AvgIpc) is 2.49. The van der Waals surface area contributed by atoms with Crippen LogP contribution in [0.5, 0.6) is 0 Å². The molecule has 3 heteroatoms. The van der Waals surface area contributed by atoms with Crippen LogP contribution in [0.25, 0.3) is 0 Å². The van der Waals surface area contributed by atoms with Crippen LogP contribution in [0.3, 0.4) is 0 Å². The lowest BCUT2D eigenvalue weighted by Gasteiger charge is -2.25. The van der Waals surface area contributed by atoms with Crippen molar-refractivity contribution in [2.75, 3.05) is 19.7 Å². The van der Waals surface area contributed by atoms with Crippen LogP contribution in [0, 0.1) is 5.92 Å². The van der Waals surface area contributed by atoms with Crippen LogP contribution in [-0.2, 0) is 4.74 Å². The molecule has 1 atom stereocenters. The molecule has 20 heavy (non-hydrogen) atoms. The van der Waals surface area contributed by atoms with Gasteiger partial charge in [0.1, 0.15) is 0 Å². The lowest BCUT2D eigenvalue weighted by atomic mass is 9.90. The highest BCUT2D eigenvalue weighted by Gasteiger charge is 2.19. The molecule has 0 saturated heterocycles. The Bertz CT molecular complexity index is 390. The molecule has 0 amide bonds. The molecule has 112 valence electrons. The Balaban J connectivity index is 1.94. The van der Waals surface area contributed by atoms with Gasteiger partial charge in [-0.05, 0) is 31.4 Å². The molecule has 1 fully saturated rings. The molecule has 1 aliphatic carbocycles. The highest BCUT2D eigenvalue weighted by atomic mass is 35.5. The summed E-state index contributed by atoms with van der Waals surface area (Å²) in [6, 6.07) is 8.02. The lowest BCUT2D eigenvalue weighted by Crippen LogP contribution is -2.25. The van der Waals surface area contributed by atoms with E-state index in [9.17, 15) is 0 Å². The van der Waals surface area contributed by atoms with E-state index < -0.39 is 0 Å². The van der Waals surface area contributed by atoms with E-state index in [1.165, 1.54) is 32.1 Å². The second-order valence-corrected chi connectivity index (χ2v) is 6.06. The normalized spacial score (nSPS) is 18.1. The van der Waals surface area contributed by atoms with Crippen LogP contribution < -0.4 is 5.32 Å². The molecular formula is C17H26ClNO. The number of ether oxygens (including phenoxy) is 1. The van der Waals surface area contributed by atoms with Crippen LogP contribution in [-0.4, -0.2) is 19.7 Å². The number of halogens is 1. The van der Waals surface area contributed by atoms with E-state index in [0.717, 1.165) is 36.2 Å². The van der Waals surface area contributed by atoms with Gasteiger partial charge < -0.3 is 10.1 Å². The van der Waals surface area contributed by atoms with E-state index in [4.69, 9.17) is 16.3 Å². The maximum Gasteiger partial charge on any atom is 0.0963 e. The van der Waals surface area contributed by atoms with Crippen LogP contribution in [0.1, 0.15) is 50.7 Å². The largest absolute Gasteiger partial charge is 0.372 e. The van der Waals surface area contributed by atoms with Gasteiger partial charge in [0, 0.05) is 17.1 Å². The van der Waals surface area contributed by atoms with Crippen molar-refractivity contribution < 1.29 is 4.74 Å². The van der Waals surface area contributed by atoms with Crippen LogP contribution in [0.4, 0.5) is 0 Å². The Morgan fingerprint density at radius 2 is 2.00 bits per heavy atom. The third kappa shape index (κ3) is 4.76. The molecule has 1 unspecified atom stereocenters. The Hall–Kier alpha value is -0.570. The van der Waals surface area contributed by atoms with Gasteiger partial charge in [-0.1, -0.05) is 56.0 Å². The fraction of sp³-hybridized carbons (Fsp3) is 0.647. The van der Waals surface area contributed by atoms with Gasteiger partial charge in [0.15, 0.2) is 0 Å². The minimum absolute atomic E-state index is 0.0607. The van der Waals surface area contributed by atoms with E-state index in [1.807, 2.05) is 18.2 Å². The average molecular weight is 296 g/mol. The summed E-state index contributed by atoms with van der Waals surface area (Å²) in [4.78, 5) is 0. The van der Waals surface area contributed by atoms with Crippen molar-refractivity contribution in [3.05, 3.63) is 34.9 Å². The van der Waals surface area contributed by atoms with E-state index in [1.54, 1.807) is 0 Å². The third-order valence-corrected chi connectivity index (χ3v) is 4.43. The summed E-state index contributed by atoms with van der Waals surface area (Å²) in [5, 5.41) is 4.18. The van der Waals surface area contributed by atoms with Crippen molar-refractivity contribution in [2.24, 2.45) is 5.92 Å². The van der Waals surface area contributed by atoms with Gasteiger partial charge in [-0.15, -0.1) is 0 Å². The highest BCUT2D eigenvalue weighted by Crippen LogP contribution is 2.28. The highest BCUT2D eigenvalue weighted by molar-refractivity contribution is 6.31. The Morgan fingerprint density at radius 1 is 1.25 bits per heavy atom. The fourth-order valence-corrected chi connectivity index (χ4v) is 3.13.